The van der Waals surface area contributed by atoms with Crippen molar-refractivity contribution in [1.29, 1.82) is 0 Å². The Morgan fingerprint density at radius 2 is 1.44 bits per heavy atom. The Morgan fingerprint density at radius 1 is 1.11 bits per heavy atom. The van der Waals surface area contributed by atoms with Gasteiger partial charge in [0.15, 0.2) is 0 Å². The van der Waals surface area contributed by atoms with Crippen LogP contribution in [0.5, 0.6) is 0 Å². The molecule has 0 amide bonds. The second-order valence-corrected chi connectivity index (χ2v) is 2.83. The molecule has 0 aromatic rings. The van der Waals surface area contributed by atoms with E-state index in [1.807, 2.05) is 0 Å². The summed E-state index contributed by atoms with van der Waals surface area (Å²) in [4.78, 5) is 0. The van der Waals surface area contributed by atoms with Gasteiger partial charge in [-0.15, -0.1) is 0 Å². The third kappa shape index (κ3) is 1.42. The number of hydrogen-bond donors (Lipinski definition) is 2. The third-order valence-corrected chi connectivity index (χ3v) is 0.965. The van der Waals surface area contributed by atoms with Crippen LogP contribution in [0, 0.1) is 0 Å². The maximum atomic E-state index is 11.9. The zero-order chi connectivity index (χ0) is 7.07. The molecule has 52 valence electrons. The average Bonchev–Trinajstić information content (AvgIpc) is 1.79. The summed E-state index contributed by atoms with van der Waals surface area (Å²) in [6.07, 6.45) is 0. The fraction of sp³-hybridized carbons (Fsp3) is 0.333. The summed E-state index contributed by atoms with van der Waals surface area (Å²) in [5.74, 6) is 0. The van der Waals surface area contributed by atoms with E-state index in [0.717, 1.165) is 0 Å². The van der Waals surface area contributed by atoms with Gasteiger partial charge >= 0.3 is 16.5 Å². The van der Waals surface area contributed by atoms with Crippen LogP contribution in [0.15, 0.2) is 12.0 Å². The van der Waals surface area contributed by atoms with Gasteiger partial charge in [0.1, 0.15) is 0 Å². The molecule has 0 saturated heterocycles. The molecule has 0 spiro atoms. The lowest BCUT2D eigenvalue weighted by Gasteiger charge is -2.12. The maximum absolute atomic E-state index is 11.9. The van der Waals surface area contributed by atoms with Crippen LogP contribution in [-0.2, 0) is 9.47 Å². The van der Waals surface area contributed by atoms with Crippen molar-refractivity contribution in [2.24, 2.45) is 0 Å². The van der Waals surface area contributed by atoms with E-state index in [4.69, 9.17) is 0 Å². The molecule has 1 heterocycles. The molecule has 0 fully saturated rings. The van der Waals surface area contributed by atoms with Crippen LogP contribution in [0.4, 0.5) is 8.78 Å². The van der Waals surface area contributed by atoms with Gasteiger partial charge in [-0.2, -0.15) is 8.78 Å². The number of halogens is 2. The van der Waals surface area contributed by atoms with Crippen LogP contribution >= 0.6 is 25.3 Å². The summed E-state index contributed by atoms with van der Waals surface area (Å²) in [7, 11) is 0. The van der Waals surface area contributed by atoms with Crippen molar-refractivity contribution in [3.63, 3.8) is 0 Å². The summed E-state index contributed by atoms with van der Waals surface area (Å²) < 4.78 is 30.0. The van der Waals surface area contributed by atoms with Crippen LogP contribution < -0.4 is 0 Å². The normalized spacial score (nSPS) is 23.6. The minimum atomic E-state index is -1.80. The fourth-order valence-electron chi connectivity index (χ4n) is 0.335. The summed E-state index contributed by atoms with van der Waals surface area (Å²) in [6, 6.07) is -2.86. The third-order valence-electron chi connectivity index (χ3n) is 0.600. The van der Waals surface area contributed by atoms with Crippen molar-refractivity contribution in [2.45, 2.75) is 4.45 Å². The molecular weight excluding hydrogens is 170 g/mol. The van der Waals surface area contributed by atoms with E-state index in [2.05, 4.69) is 34.7 Å². The topological polar surface area (TPSA) is 18.5 Å². The first-order valence-electron chi connectivity index (χ1n) is 1.89. The van der Waals surface area contributed by atoms with Crippen molar-refractivity contribution in [3.05, 3.63) is 12.0 Å². The maximum Gasteiger partial charge on any atom is 0.352 e. The van der Waals surface area contributed by atoms with Crippen molar-refractivity contribution in [1.82, 2.24) is 0 Å². The van der Waals surface area contributed by atoms with Crippen molar-refractivity contribution in [3.8, 4) is 0 Å². The fourth-order valence-corrected chi connectivity index (χ4v) is 0.655. The SMILES string of the molecule is FC1=C(F)OC(S)(S)O1. The lowest BCUT2D eigenvalue weighted by atomic mass is 11.0. The number of ether oxygens (including phenoxy) is 2. The van der Waals surface area contributed by atoms with Gasteiger partial charge in [-0.05, 0) is 0 Å². The van der Waals surface area contributed by atoms with Crippen LogP contribution in [0.3, 0.4) is 0 Å². The summed E-state index contributed by atoms with van der Waals surface area (Å²) >= 11 is 6.93. The molecule has 0 saturated carbocycles. The molecule has 0 aromatic heterocycles. The molecular formula is C3H2F2O2S2. The van der Waals surface area contributed by atoms with Crippen molar-refractivity contribution in [2.75, 3.05) is 0 Å². The van der Waals surface area contributed by atoms with E-state index in [-0.39, 0.29) is 0 Å². The first-order chi connectivity index (χ1) is 4.01. The van der Waals surface area contributed by atoms with E-state index < -0.39 is 16.5 Å². The monoisotopic (exact) mass is 172 g/mol. The zero-order valence-electron chi connectivity index (χ0n) is 3.97. The molecule has 2 nitrogen and oxygen atoms in total. The second-order valence-electron chi connectivity index (χ2n) is 1.30. The Hall–Kier alpha value is -0.100. The van der Waals surface area contributed by atoms with Gasteiger partial charge in [0.05, 0.1) is 0 Å². The molecule has 0 N–H and O–H groups in total. The highest BCUT2D eigenvalue weighted by Crippen LogP contribution is 2.37. The van der Waals surface area contributed by atoms with Crippen molar-refractivity contribution >= 4 is 25.3 Å². The van der Waals surface area contributed by atoms with Gasteiger partial charge in [0.25, 0.3) is 0 Å². The number of hydrogen-bond acceptors (Lipinski definition) is 4. The average molecular weight is 172 g/mol. The quantitative estimate of drug-likeness (QED) is 0.427. The molecule has 0 aromatic carbocycles. The Labute approximate surface area is 60.6 Å². The molecule has 0 unspecified atom stereocenters. The van der Waals surface area contributed by atoms with E-state index in [1.54, 1.807) is 0 Å². The highest BCUT2D eigenvalue weighted by atomic mass is 32.2. The molecule has 0 atom stereocenters. The number of thiol groups is 2. The Balaban J connectivity index is 2.70. The van der Waals surface area contributed by atoms with Crippen LogP contribution in [0.2, 0.25) is 0 Å². The lowest BCUT2D eigenvalue weighted by molar-refractivity contribution is -0.0167. The van der Waals surface area contributed by atoms with E-state index in [1.165, 1.54) is 0 Å². The Bertz CT molecular complexity index is 151. The van der Waals surface area contributed by atoms with E-state index in [0.29, 0.717) is 0 Å². The smallest absolute Gasteiger partial charge is 0.352 e. The van der Waals surface area contributed by atoms with Crippen molar-refractivity contribution < 1.29 is 18.3 Å². The standard InChI is InChI=1S/C3H2F2O2S2/c4-1-2(5)7-3(8,9)6-1/h8-9H. The van der Waals surface area contributed by atoms with Gasteiger partial charge in [-0.25, -0.2) is 0 Å². The lowest BCUT2D eigenvalue weighted by Crippen LogP contribution is -2.12. The zero-order valence-corrected chi connectivity index (χ0v) is 5.76. The van der Waals surface area contributed by atoms with E-state index in [9.17, 15) is 8.78 Å². The Morgan fingerprint density at radius 3 is 1.56 bits per heavy atom. The summed E-state index contributed by atoms with van der Waals surface area (Å²) in [5, 5.41) is 0. The van der Waals surface area contributed by atoms with Gasteiger partial charge < -0.3 is 9.47 Å². The first kappa shape index (κ1) is 7.01. The Kier molecular flexibility index (Phi) is 1.52. The molecule has 1 aliphatic heterocycles. The molecule has 6 heteroatoms. The highest BCUT2D eigenvalue weighted by Gasteiger charge is 2.37. The molecule has 0 aliphatic carbocycles. The van der Waals surface area contributed by atoms with Gasteiger partial charge in [-0.1, -0.05) is 25.3 Å². The molecule has 1 rings (SSSR count). The van der Waals surface area contributed by atoms with Crippen LogP contribution in [0.1, 0.15) is 0 Å². The van der Waals surface area contributed by atoms with Crippen LogP contribution in [-0.4, -0.2) is 4.45 Å². The predicted molar refractivity (Wildman–Crippen MR) is 32.1 cm³/mol. The molecule has 9 heavy (non-hydrogen) atoms. The van der Waals surface area contributed by atoms with Crippen LogP contribution in [0.25, 0.3) is 0 Å². The van der Waals surface area contributed by atoms with Gasteiger partial charge in [-0.3, -0.25) is 0 Å². The van der Waals surface area contributed by atoms with Gasteiger partial charge in [0, 0.05) is 0 Å². The van der Waals surface area contributed by atoms with E-state index >= 15 is 0 Å². The largest absolute Gasteiger partial charge is 0.405 e. The minimum Gasteiger partial charge on any atom is -0.405 e. The number of rotatable bonds is 0. The molecule has 0 radical (unpaired) electrons. The predicted octanol–water partition coefficient (Wildman–Crippen LogP) is 1.57. The second kappa shape index (κ2) is 1.95. The highest BCUT2D eigenvalue weighted by molar-refractivity contribution is 8.00. The first-order valence-corrected chi connectivity index (χ1v) is 2.79. The summed E-state index contributed by atoms with van der Waals surface area (Å²) in [6.45, 7) is 0. The minimum absolute atomic E-state index is 1.43. The molecule has 0 bridgehead atoms. The molecule has 1 aliphatic rings. The van der Waals surface area contributed by atoms with Gasteiger partial charge in [0.2, 0.25) is 0 Å². The summed E-state index contributed by atoms with van der Waals surface area (Å²) in [5.41, 5.74) is 0.